The Bertz CT molecular complexity index is 578. The quantitative estimate of drug-likeness (QED) is 0.640. The average molecular weight is 304 g/mol. The van der Waals surface area contributed by atoms with Gasteiger partial charge in [0.2, 0.25) is 5.88 Å². The molecular weight excluding hydrogens is 282 g/mol. The highest BCUT2D eigenvalue weighted by Crippen LogP contribution is 2.25. The molecule has 0 N–H and O–H groups in total. The maximum absolute atomic E-state index is 5.95. The number of rotatable bonds is 6. The molecule has 21 heavy (non-hydrogen) atoms. The van der Waals surface area contributed by atoms with Crippen LogP contribution < -0.4 is 4.74 Å². The summed E-state index contributed by atoms with van der Waals surface area (Å²) >= 11 is 5.95. The molecule has 0 saturated carbocycles. The average Bonchev–Trinajstić information content (AvgIpc) is 2.49. The minimum Gasteiger partial charge on any atom is -0.439 e. The fourth-order valence-electron chi connectivity index (χ4n) is 2.14. The van der Waals surface area contributed by atoms with E-state index in [0.717, 1.165) is 29.8 Å². The molecule has 0 aliphatic rings. The minimum atomic E-state index is 0.349. The molecule has 0 amide bonds. The lowest BCUT2D eigenvalue weighted by atomic mass is 10.1. The Labute approximate surface area is 132 Å². The Hall–Kier alpha value is -1.54. The summed E-state index contributed by atoms with van der Waals surface area (Å²) in [6.07, 6.45) is 2.25. The highest BCUT2D eigenvalue weighted by atomic mass is 35.5. The van der Waals surface area contributed by atoms with Gasteiger partial charge in [-0.2, -0.15) is 0 Å². The summed E-state index contributed by atoms with van der Waals surface area (Å²) in [5.74, 6) is 2.24. The topological polar surface area (TPSA) is 22.1 Å². The summed E-state index contributed by atoms with van der Waals surface area (Å²) in [7, 11) is 0. The number of benzene rings is 1. The van der Waals surface area contributed by atoms with Gasteiger partial charge in [0, 0.05) is 17.6 Å². The van der Waals surface area contributed by atoms with Gasteiger partial charge in [-0.15, -0.1) is 11.6 Å². The second-order valence-corrected chi connectivity index (χ2v) is 5.79. The van der Waals surface area contributed by atoms with E-state index >= 15 is 0 Å². The number of aromatic nitrogens is 1. The maximum Gasteiger partial charge on any atom is 0.219 e. The molecule has 0 spiro atoms. The lowest BCUT2D eigenvalue weighted by Gasteiger charge is -2.11. The Balaban J connectivity index is 2.19. The molecular formula is C18H22ClNO. The van der Waals surface area contributed by atoms with Crippen molar-refractivity contribution in [2.75, 3.05) is 0 Å². The van der Waals surface area contributed by atoms with Gasteiger partial charge in [-0.1, -0.05) is 39.3 Å². The van der Waals surface area contributed by atoms with Crippen molar-refractivity contribution in [3.63, 3.8) is 0 Å². The van der Waals surface area contributed by atoms with Crippen LogP contribution >= 0.6 is 11.6 Å². The summed E-state index contributed by atoms with van der Waals surface area (Å²) in [5.41, 5.74) is 3.37. The highest BCUT2D eigenvalue weighted by molar-refractivity contribution is 6.17. The van der Waals surface area contributed by atoms with Crippen molar-refractivity contribution < 1.29 is 4.74 Å². The standard InChI is InChI=1S/C18H22ClNO/c1-4-5-14-6-8-16(9-7-14)21-18-11-15(12-19)10-17(20-18)13(2)3/h6-11,13H,4-5,12H2,1-3H3. The second kappa shape index (κ2) is 7.46. The third-order valence-electron chi connectivity index (χ3n) is 3.31. The number of pyridine rings is 1. The van der Waals surface area contributed by atoms with Gasteiger partial charge in [0.05, 0.1) is 0 Å². The van der Waals surface area contributed by atoms with E-state index in [2.05, 4.69) is 37.9 Å². The Kier molecular flexibility index (Phi) is 5.63. The molecule has 0 radical (unpaired) electrons. The van der Waals surface area contributed by atoms with Crippen molar-refractivity contribution >= 4 is 11.6 Å². The van der Waals surface area contributed by atoms with Crippen LogP contribution in [0.15, 0.2) is 36.4 Å². The normalized spacial score (nSPS) is 10.9. The molecule has 3 heteroatoms. The molecule has 1 aromatic carbocycles. The molecule has 0 aliphatic heterocycles. The molecule has 0 bridgehead atoms. The van der Waals surface area contributed by atoms with Crippen LogP contribution in [0.1, 0.15) is 49.9 Å². The van der Waals surface area contributed by atoms with Crippen molar-refractivity contribution in [1.29, 1.82) is 0 Å². The lowest BCUT2D eigenvalue weighted by Crippen LogP contribution is -1.98. The van der Waals surface area contributed by atoms with E-state index in [1.54, 1.807) is 0 Å². The van der Waals surface area contributed by atoms with E-state index in [0.29, 0.717) is 17.7 Å². The van der Waals surface area contributed by atoms with Gasteiger partial charge < -0.3 is 4.74 Å². The van der Waals surface area contributed by atoms with E-state index in [-0.39, 0.29) is 0 Å². The van der Waals surface area contributed by atoms with Crippen LogP contribution in [0.4, 0.5) is 0 Å². The van der Waals surface area contributed by atoms with Crippen LogP contribution in [0.3, 0.4) is 0 Å². The number of aryl methyl sites for hydroxylation is 1. The summed E-state index contributed by atoms with van der Waals surface area (Å²) in [4.78, 5) is 4.55. The Morgan fingerprint density at radius 2 is 1.81 bits per heavy atom. The first kappa shape index (κ1) is 15.8. The Morgan fingerprint density at radius 3 is 2.38 bits per heavy atom. The van der Waals surface area contributed by atoms with Crippen LogP contribution in [0.5, 0.6) is 11.6 Å². The predicted octanol–water partition coefficient (Wildman–Crippen LogP) is 5.69. The molecule has 0 saturated heterocycles. The third kappa shape index (κ3) is 4.47. The van der Waals surface area contributed by atoms with Crippen LogP contribution in [0.2, 0.25) is 0 Å². The number of nitrogens with zero attached hydrogens (tertiary/aromatic N) is 1. The zero-order chi connectivity index (χ0) is 15.2. The molecule has 2 rings (SSSR count). The van der Waals surface area contributed by atoms with E-state index < -0.39 is 0 Å². The van der Waals surface area contributed by atoms with Crippen molar-refractivity contribution in [3.05, 3.63) is 53.2 Å². The Morgan fingerprint density at radius 1 is 1.10 bits per heavy atom. The monoisotopic (exact) mass is 303 g/mol. The summed E-state index contributed by atoms with van der Waals surface area (Å²) < 4.78 is 5.88. The molecule has 0 atom stereocenters. The van der Waals surface area contributed by atoms with Crippen molar-refractivity contribution in [2.24, 2.45) is 0 Å². The number of alkyl halides is 1. The summed E-state index contributed by atoms with van der Waals surface area (Å²) in [6.45, 7) is 6.41. The first-order valence-corrected chi connectivity index (χ1v) is 7.99. The fourth-order valence-corrected chi connectivity index (χ4v) is 2.30. The fraction of sp³-hybridized carbons (Fsp3) is 0.389. The minimum absolute atomic E-state index is 0.349. The van der Waals surface area contributed by atoms with Gasteiger partial charge in [-0.25, -0.2) is 4.98 Å². The number of hydrogen-bond acceptors (Lipinski definition) is 2. The number of hydrogen-bond donors (Lipinski definition) is 0. The van der Waals surface area contributed by atoms with Crippen molar-refractivity contribution in [2.45, 2.75) is 45.4 Å². The number of ether oxygens (including phenoxy) is 1. The van der Waals surface area contributed by atoms with Crippen LogP contribution in [-0.4, -0.2) is 4.98 Å². The first-order valence-electron chi connectivity index (χ1n) is 7.46. The van der Waals surface area contributed by atoms with Gasteiger partial charge in [-0.3, -0.25) is 0 Å². The van der Waals surface area contributed by atoms with E-state index in [4.69, 9.17) is 16.3 Å². The number of halogens is 1. The molecule has 1 aromatic heterocycles. The summed E-state index contributed by atoms with van der Waals surface area (Å²) in [6, 6.07) is 12.1. The zero-order valence-corrected chi connectivity index (χ0v) is 13.7. The second-order valence-electron chi connectivity index (χ2n) is 5.52. The van der Waals surface area contributed by atoms with Crippen molar-refractivity contribution in [1.82, 2.24) is 4.98 Å². The third-order valence-corrected chi connectivity index (χ3v) is 3.62. The predicted molar refractivity (Wildman–Crippen MR) is 88.4 cm³/mol. The smallest absolute Gasteiger partial charge is 0.219 e. The van der Waals surface area contributed by atoms with E-state index in [1.807, 2.05) is 24.3 Å². The maximum atomic E-state index is 5.95. The largest absolute Gasteiger partial charge is 0.439 e. The highest BCUT2D eigenvalue weighted by Gasteiger charge is 2.08. The van der Waals surface area contributed by atoms with Gasteiger partial charge in [0.25, 0.3) is 0 Å². The van der Waals surface area contributed by atoms with E-state index in [1.165, 1.54) is 5.56 Å². The van der Waals surface area contributed by atoms with E-state index in [9.17, 15) is 0 Å². The zero-order valence-electron chi connectivity index (χ0n) is 12.9. The van der Waals surface area contributed by atoms with Gasteiger partial charge in [0.15, 0.2) is 0 Å². The molecule has 2 aromatic rings. The van der Waals surface area contributed by atoms with Gasteiger partial charge in [-0.05, 0) is 41.7 Å². The van der Waals surface area contributed by atoms with Gasteiger partial charge >= 0.3 is 0 Å². The molecule has 0 fully saturated rings. The first-order chi connectivity index (χ1) is 10.1. The molecule has 1 heterocycles. The molecule has 0 unspecified atom stereocenters. The van der Waals surface area contributed by atoms with Crippen LogP contribution in [-0.2, 0) is 12.3 Å². The van der Waals surface area contributed by atoms with Crippen LogP contribution in [0, 0.1) is 0 Å². The molecule has 2 nitrogen and oxygen atoms in total. The molecule has 0 aliphatic carbocycles. The summed E-state index contributed by atoms with van der Waals surface area (Å²) in [5, 5.41) is 0. The molecule has 112 valence electrons. The lowest BCUT2D eigenvalue weighted by molar-refractivity contribution is 0.458. The van der Waals surface area contributed by atoms with Crippen LogP contribution in [0.25, 0.3) is 0 Å². The SMILES string of the molecule is CCCc1ccc(Oc2cc(CCl)cc(C(C)C)n2)cc1. The van der Waals surface area contributed by atoms with Crippen molar-refractivity contribution in [3.8, 4) is 11.6 Å². The van der Waals surface area contributed by atoms with Gasteiger partial charge in [0.1, 0.15) is 5.75 Å².